The number of Topliss-reactive ketones (excluding diaryl/α,β-unsaturated/α-hetero) is 1. The molecule has 8 nitrogen and oxygen atoms in total. The lowest BCUT2D eigenvalue weighted by Crippen LogP contribution is -2.31. The molecule has 178 valence electrons. The number of methoxy groups -OCH3 is 3. The van der Waals surface area contributed by atoms with Gasteiger partial charge in [0.25, 0.3) is 5.91 Å². The summed E-state index contributed by atoms with van der Waals surface area (Å²) in [5.41, 5.74) is 1.11. The molecular weight excluding hydrogens is 488 g/mol. The zero-order chi connectivity index (χ0) is 24.7. The van der Waals surface area contributed by atoms with E-state index in [2.05, 4.69) is 4.98 Å². The number of hydrogen-bond donors (Lipinski definition) is 1. The predicted molar refractivity (Wildman–Crippen MR) is 134 cm³/mol. The minimum Gasteiger partial charge on any atom is -0.503 e. The summed E-state index contributed by atoms with van der Waals surface area (Å²) in [4.78, 5) is 33.4. The van der Waals surface area contributed by atoms with Gasteiger partial charge >= 0.3 is 0 Å². The first-order chi connectivity index (χ1) is 17.0. The summed E-state index contributed by atoms with van der Waals surface area (Å²) in [7, 11) is 4.56. The van der Waals surface area contributed by atoms with Gasteiger partial charge in [0.15, 0.2) is 22.4 Å². The van der Waals surface area contributed by atoms with E-state index in [-0.39, 0.29) is 5.57 Å². The lowest BCUT2D eigenvalue weighted by atomic mass is 9.94. The number of thiazole rings is 1. The molecule has 1 atom stereocenters. The number of hydrogen-bond acceptors (Lipinski definition) is 9. The summed E-state index contributed by atoms with van der Waals surface area (Å²) >= 11 is 2.49. The Kier molecular flexibility index (Phi) is 5.91. The molecule has 0 unspecified atom stereocenters. The molecule has 1 amide bonds. The average molecular weight is 509 g/mol. The first-order valence-electron chi connectivity index (χ1n) is 10.5. The van der Waals surface area contributed by atoms with Gasteiger partial charge < -0.3 is 19.3 Å². The third-order valence-electron chi connectivity index (χ3n) is 5.72. The zero-order valence-electron chi connectivity index (χ0n) is 19.0. The Bertz CT molecular complexity index is 1470. The fourth-order valence-corrected chi connectivity index (χ4v) is 5.82. The van der Waals surface area contributed by atoms with Crippen LogP contribution < -0.4 is 19.1 Å². The summed E-state index contributed by atoms with van der Waals surface area (Å²) in [6.45, 7) is 0. The lowest BCUT2D eigenvalue weighted by molar-refractivity contribution is -0.117. The number of rotatable bonds is 7. The molecule has 1 N–H and O–H groups in total. The summed E-state index contributed by atoms with van der Waals surface area (Å²) < 4.78 is 17.2. The predicted octanol–water partition coefficient (Wildman–Crippen LogP) is 5.17. The molecule has 1 aliphatic rings. The van der Waals surface area contributed by atoms with Crippen molar-refractivity contribution in [1.29, 1.82) is 0 Å². The molecular formula is C25H20N2O6S2. The standard InChI is InChI=1S/C25H20N2O6S2/c1-31-13-9-10-15-18(12-13)35-25(26-15)27-20(14-6-4-7-16(32-2)23(14)33-3)19(22(29)24(27)30)21(28)17-8-5-11-34-17/h4-12,20,29H,1-3H3/t20-/m1/s1. The van der Waals surface area contributed by atoms with Gasteiger partial charge in [0.2, 0.25) is 5.78 Å². The number of amides is 1. The minimum absolute atomic E-state index is 0.0409. The molecule has 5 rings (SSSR count). The van der Waals surface area contributed by atoms with Gasteiger partial charge in [0.05, 0.1) is 42.0 Å². The Hall–Kier alpha value is -3.89. The van der Waals surface area contributed by atoms with Gasteiger partial charge in [-0.2, -0.15) is 0 Å². The van der Waals surface area contributed by atoms with E-state index in [4.69, 9.17) is 14.2 Å². The van der Waals surface area contributed by atoms with Crippen LogP contribution in [0.25, 0.3) is 10.2 Å². The van der Waals surface area contributed by atoms with Crippen molar-refractivity contribution in [2.75, 3.05) is 26.2 Å². The van der Waals surface area contributed by atoms with Crippen LogP contribution in [0.3, 0.4) is 0 Å². The van der Waals surface area contributed by atoms with Crippen LogP contribution in [0.2, 0.25) is 0 Å². The summed E-state index contributed by atoms with van der Waals surface area (Å²) in [5, 5.41) is 13.1. The Morgan fingerprint density at radius 2 is 1.89 bits per heavy atom. The molecule has 10 heteroatoms. The number of ether oxygens (including phenoxy) is 3. The smallest absolute Gasteiger partial charge is 0.296 e. The summed E-state index contributed by atoms with van der Waals surface area (Å²) in [5.74, 6) is -0.333. The summed E-state index contributed by atoms with van der Waals surface area (Å²) in [6.07, 6.45) is 0. The molecule has 4 aromatic rings. The first-order valence-corrected chi connectivity index (χ1v) is 12.2. The van der Waals surface area contributed by atoms with Crippen molar-refractivity contribution in [1.82, 2.24) is 4.98 Å². The molecule has 0 fully saturated rings. The number of fused-ring (bicyclic) bond motifs is 1. The fraction of sp³-hybridized carbons (Fsp3) is 0.160. The van der Waals surface area contributed by atoms with E-state index in [1.54, 1.807) is 55.0 Å². The summed E-state index contributed by atoms with van der Waals surface area (Å²) in [6, 6.07) is 13.0. The zero-order valence-corrected chi connectivity index (χ0v) is 20.6. The Morgan fingerprint density at radius 1 is 1.06 bits per heavy atom. The molecule has 0 radical (unpaired) electrons. The van der Waals surface area contributed by atoms with E-state index in [9.17, 15) is 14.7 Å². The molecule has 35 heavy (non-hydrogen) atoms. The van der Waals surface area contributed by atoms with Gasteiger partial charge in [-0.3, -0.25) is 14.5 Å². The van der Waals surface area contributed by atoms with Crippen LogP contribution in [0.4, 0.5) is 5.13 Å². The maximum atomic E-state index is 13.5. The second-order valence-electron chi connectivity index (χ2n) is 7.56. The lowest BCUT2D eigenvalue weighted by Gasteiger charge is -2.26. The monoisotopic (exact) mass is 508 g/mol. The van der Waals surface area contributed by atoms with E-state index < -0.39 is 23.5 Å². The van der Waals surface area contributed by atoms with Crippen LogP contribution in [0, 0.1) is 0 Å². The average Bonchev–Trinajstić information content (AvgIpc) is 3.61. The van der Waals surface area contributed by atoms with Crippen LogP contribution in [-0.2, 0) is 4.79 Å². The first kappa shape index (κ1) is 22.9. The number of benzene rings is 2. The number of aliphatic hydroxyl groups is 1. The topological polar surface area (TPSA) is 98.2 Å². The maximum absolute atomic E-state index is 13.5. The van der Waals surface area contributed by atoms with Crippen molar-refractivity contribution in [2.45, 2.75) is 6.04 Å². The van der Waals surface area contributed by atoms with E-state index >= 15 is 0 Å². The van der Waals surface area contributed by atoms with E-state index in [0.717, 1.165) is 4.70 Å². The molecule has 2 aromatic carbocycles. The Morgan fingerprint density at radius 3 is 2.57 bits per heavy atom. The highest BCUT2D eigenvalue weighted by molar-refractivity contribution is 7.22. The number of para-hydroxylation sites is 1. The van der Waals surface area contributed by atoms with Gasteiger partial charge in [0, 0.05) is 5.56 Å². The van der Waals surface area contributed by atoms with Gasteiger partial charge in [0.1, 0.15) is 11.8 Å². The van der Waals surface area contributed by atoms with Crippen molar-refractivity contribution >= 4 is 49.7 Å². The van der Waals surface area contributed by atoms with Crippen LogP contribution >= 0.6 is 22.7 Å². The molecule has 3 heterocycles. The molecule has 0 spiro atoms. The third-order valence-corrected chi connectivity index (χ3v) is 7.60. The highest BCUT2D eigenvalue weighted by atomic mass is 32.1. The number of anilines is 1. The normalized spacial score (nSPS) is 15.7. The quantitative estimate of drug-likeness (QED) is 0.344. The number of ketones is 1. The highest BCUT2D eigenvalue weighted by Gasteiger charge is 2.47. The van der Waals surface area contributed by atoms with Crippen molar-refractivity contribution in [2.24, 2.45) is 0 Å². The number of nitrogens with zero attached hydrogens (tertiary/aromatic N) is 2. The van der Waals surface area contributed by atoms with Crippen LogP contribution in [0.15, 0.2) is 65.2 Å². The Balaban J connectivity index is 1.73. The number of aliphatic hydroxyl groups excluding tert-OH is 1. The fourth-order valence-electron chi connectivity index (χ4n) is 4.12. The van der Waals surface area contributed by atoms with E-state index in [1.165, 1.54) is 41.8 Å². The van der Waals surface area contributed by atoms with Crippen molar-refractivity contribution < 1.29 is 28.9 Å². The highest BCUT2D eigenvalue weighted by Crippen LogP contribution is 2.48. The van der Waals surface area contributed by atoms with Crippen molar-refractivity contribution in [3.63, 3.8) is 0 Å². The Labute approximate surface area is 208 Å². The van der Waals surface area contributed by atoms with Gasteiger partial charge in [-0.1, -0.05) is 29.5 Å². The van der Waals surface area contributed by atoms with Gasteiger partial charge in [-0.15, -0.1) is 11.3 Å². The molecule has 2 aromatic heterocycles. The number of aromatic nitrogens is 1. The third kappa shape index (κ3) is 3.71. The van der Waals surface area contributed by atoms with Crippen LogP contribution in [0.1, 0.15) is 21.3 Å². The van der Waals surface area contributed by atoms with Gasteiger partial charge in [-0.25, -0.2) is 4.98 Å². The number of carbonyl (C=O) groups is 2. The number of carbonyl (C=O) groups excluding carboxylic acids is 2. The molecule has 0 bridgehead atoms. The van der Waals surface area contributed by atoms with Crippen molar-refractivity contribution in [3.05, 3.63) is 75.7 Å². The SMILES string of the molecule is COc1ccc2nc(N3C(=O)C(O)=C(C(=O)c4cccs4)[C@H]3c3cccc(OC)c3OC)sc2c1. The van der Waals surface area contributed by atoms with E-state index in [0.29, 0.717) is 38.3 Å². The molecule has 0 saturated carbocycles. The molecule has 0 aliphatic carbocycles. The van der Waals surface area contributed by atoms with Crippen LogP contribution in [-0.4, -0.2) is 43.1 Å². The maximum Gasteiger partial charge on any atom is 0.296 e. The number of thiophene rings is 1. The minimum atomic E-state index is -0.982. The second kappa shape index (κ2) is 9.05. The van der Waals surface area contributed by atoms with Crippen molar-refractivity contribution in [3.8, 4) is 17.2 Å². The van der Waals surface area contributed by atoms with Gasteiger partial charge in [-0.05, 0) is 35.7 Å². The molecule has 0 saturated heterocycles. The molecule has 1 aliphatic heterocycles. The van der Waals surface area contributed by atoms with Crippen LogP contribution in [0.5, 0.6) is 17.2 Å². The van der Waals surface area contributed by atoms with E-state index in [1.807, 2.05) is 6.07 Å². The second-order valence-corrected chi connectivity index (χ2v) is 9.52. The largest absolute Gasteiger partial charge is 0.503 e.